The fraction of sp³-hybridized carbons (Fsp3) is 0.235. The number of hydrogen-bond donors (Lipinski definition) is 2. The van der Waals surface area contributed by atoms with Crippen LogP contribution in [0.3, 0.4) is 0 Å². The zero-order chi connectivity index (χ0) is 16.4. The molecule has 2 heterocycles. The van der Waals surface area contributed by atoms with Crippen LogP contribution in [-0.4, -0.2) is 40.1 Å². The van der Waals surface area contributed by atoms with Crippen molar-refractivity contribution in [3.05, 3.63) is 36.0 Å². The number of carbonyl (C=O) groups is 2. The maximum absolute atomic E-state index is 12.2. The van der Waals surface area contributed by atoms with Crippen molar-refractivity contribution in [3.63, 3.8) is 0 Å². The summed E-state index contributed by atoms with van der Waals surface area (Å²) in [4.78, 5) is 28.6. The van der Waals surface area contributed by atoms with E-state index < -0.39 is 6.09 Å². The monoisotopic (exact) mass is 309 g/mol. The molecule has 1 atom stereocenters. The van der Waals surface area contributed by atoms with E-state index in [1.807, 2.05) is 18.2 Å². The van der Waals surface area contributed by atoms with Gasteiger partial charge in [0.25, 0.3) is 0 Å². The van der Waals surface area contributed by atoms with Gasteiger partial charge >= 0.3 is 6.09 Å². The summed E-state index contributed by atoms with van der Waals surface area (Å²) < 4.78 is 0. The highest BCUT2D eigenvalue weighted by Crippen LogP contribution is 2.21. The fourth-order valence-electron chi connectivity index (χ4n) is 2.68. The van der Waals surface area contributed by atoms with E-state index in [1.54, 1.807) is 12.3 Å². The molecule has 0 bridgehead atoms. The normalized spacial score (nSPS) is 17.0. The molecule has 0 spiro atoms. The lowest BCUT2D eigenvalue weighted by atomic mass is 10.1. The molecule has 23 heavy (non-hydrogen) atoms. The molecule has 1 saturated heterocycles. The van der Waals surface area contributed by atoms with Crippen LogP contribution < -0.4 is 5.32 Å². The van der Waals surface area contributed by atoms with E-state index in [0.29, 0.717) is 18.8 Å². The third-order valence-corrected chi connectivity index (χ3v) is 3.97. The SMILES string of the molecule is C#Cc1ccc2cnc(NC(=O)C3CCN(C(=O)O)C3)cc2c1. The molecule has 3 rings (SSSR count). The number of carboxylic acid groups (broad SMARTS) is 1. The van der Waals surface area contributed by atoms with Crippen LogP contribution in [0.15, 0.2) is 30.5 Å². The highest BCUT2D eigenvalue weighted by Gasteiger charge is 2.31. The average Bonchev–Trinajstić information content (AvgIpc) is 3.04. The Kier molecular flexibility index (Phi) is 3.85. The van der Waals surface area contributed by atoms with Crippen molar-refractivity contribution in [1.82, 2.24) is 9.88 Å². The van der Waals surface area contributed by atoms with Crippen LogP contribution in [0.2, 0.25) is 0 Å². The Morgan fingerprint density at radius 1 is 1.35 bits per heavy atom. The molecule has 1 aromatic carbocycles. The molecule has 6 heteroatoms. The van der Waals surface area contributed by atoms with E-state index in [-0.39, 0.29) is 18.4 Å². The van der Waals surface area contributed by atoms with Gasteiger partial charge in [0.05, 0.1) is 5.92 Å². The molecule has 6 nitrogen and oxygen atoms in total. The number of pyridine rings is 1. The molecule has 1 aliphatic heterocycles. The molecule has 0 aliphatic carbocycles. The lowest BCUT2D eigenvalue weighted by Crippen LogP contribution is -2.30. The average molecular weight is 309 g/mol. The Balaban J connectivity index is 1.75. The van der Waals surface area contributed by atoms with Gasteiger partial charge in [0, 0.05) is 30.2 Å². The molecular weight excluding hydrogens is 294 g/mol. The lowest BCUT2D eigenvalue weighted by Gasteiger charge is -2.12. The molecule has 2 aromatic rings. The molecule has 1 aromatic heterocycles. The number of carbonyl (C=O) groups excluding carboxylic acids is 1. The summed E-state index contributed by atoms with van der Waals surface area (Å²) in [6.07, 6.45) is 6.59. The summed E-state index contributed by atoms with van der Waals surface area (Å²) >= 11 is 0. The van der Waals surface area contributed by atoms with E-state index in [1.165, 1.54) is 4.90 Å². The number of nitrogens with zero attached hydrogens (tertiary/aromatic N) is 2. The minimum Gasteiger partial charge on any atom is -0.465 e. The van der Waals surface area contributed by atoms with Crippen LogP contribution in [0.1, 0.15) is 12.0 Å². The number of nitrogens with one attached hydrogen (secondary N) is 1. The Morgan fingerprint density at radius 3 is 2.87 bits per heavy atom. The summed E-state index contributed by atoms with van der Waals surface area (Å²) in [5.41, 5.74) is 0.758. The van der Waals surface area contributed by atoms with Gasteiger partial charge in [-0.05, 0) is 30.0 Å². The second-order valence-corrected chi connectivity index (χ2v) is 5.48. The number of amides is 2. The van der Waals surface area contributed by atoms with Gasteiger partial charge in [-0.25, -0.2) is 9.78 Å². The van der Waals surface area contributed by atoms with Gasteiger partial charge in [-0.15, -0.1) is 6.42 Å². The van der Waals surface area contributed by atoms with Crippen molar-refractivity contribution in [3.8, 4) is 12.3 Å². The number of likely N-dealkylation sites (tertiary alicyclic amines) is 1. The second kappa shape index (κ2) is 5.97. The van der Waals surface area contributed by atoms with E-state index in [0.717, 1.165) is 16.3 Å². The number of hydrogen-bond acceptors (Lipinski definition) is 3. The van der Waals surface area contributed by atoms with Gasteiger partial charge < -0.3 is 15.3 Å². The van der Waals surface area contributed by atoms with Crippen molar-refractivity contribution >= 4 is 28.6 Å². The summed E-state index contributed by atoms with van der Waals surface area (Å²) in [5.74, 6) is 2.45. The molecule has 2 amide bonds. The Bertz CT molecular complexity index is 825. The van der Waals surface area contributed by atoms with Crippen LogP contribution in [0.25, 0.3) is 10.8 Å². The number of terminal acetylenes is 1. The summed E-state index contributed by atoms with van der Waals surface area (Å²) in [6.45, 7) is 0.597. The molecule has 1 unspecified atom stereocenters. The smallest absolute Gasteiger partial charge is 0.407 e. The Labute approximate surface area is 133 Å². The third kappa shape index (κ3) is 3.09. The molecule has 1 aliphatic rings. The molecule has 1 fully saturated rings. The second-order valence-electron chi connectivity index (χ2n) is 5.48. The lowest BCUT2D eigenvalue weighted by molar-refractivity contribution is -0.119. The zero-order valence-electron chi connectivity index (χ0n) is 12.3. The van der Waals surface area contributed by atoms with Crippen LogP contribution in [0.5, 0.6) is 0 Å². The molecule has 0 radical (unpaired) electrons. The van der Waals surface area contributed by atoms with Crippen LogP contribution in [0, 0.1) is 18.3 Å². The van der Waals surface area contributed by atoms with Crippen LogP contribution >= 0.6 is 0 Å². The van der Waals surface area contributed by atoms with Gasteiger partial charge in [0.1, 0.15) is 5.82 Å². The van der Waals surface area contributed by atoms with E-state index in [2.05, 4.69) is 16.2 Å². The summed E-state index contributed by atoms with van der Waals surface area (Å²) in [7, 11) is 0. The molecule has 2 N–H and O–H groups in total. The number of benzene rings is 1. The maximum Gasteiger partial charge on any atom is 0.407 e. The van der Waals surface area contributed by atoms with Crippen molar-refractivity contribution < 1.29 is 14.7 Å². The largest absolute Gasteiger partial charge is 0.465 e. The van der Waals surface area contributed by atoms with Gasteiger partial charge in [0.15, 0.2) is 0 Å². The summed E-state index contributed by atoms with van der Waals surface area (Å²) in [5, 5.41) is 13.5. The van der Waals surface area contributed by atoms with Gasteiger partial charge in [-0.2, -0.15) is 0 Å². The fourth-order valence-corrected chi connectivity index (χ4v) is 2.68. The van der Waals surface area contributed by atoms with Gasteiger partial charge in [-0.1, -0.05) is 12.0 Å². The van der Waals surface area contributed by atoms with Gasteiger partial charge in [-0.3, -0.25) is 4.79 Å². The number of rotatable bonds is 2. The van der Waals surface area contributed by atoms with Crippen LogP contribution in [0.4, 0.5) is 10.6 Å². The van der Waals surface area contributed by atoms with Crippen molar-refractivity contribution in [2.45, 2.75) is 6.42 Å². The zero-order valence-corrected chi connectivity index (χ0v) is 12.3. The van der Waals surface area contributed by atoms with Gasteiger partial charge in [0.2, 0.25) is 5.91 Å². The molecule has 116 valence electrons. The first-order valence-corrected chi connectivity index (χ1v) is 7.22. The van der Waals surface area contributed by atoms with E-state index in [9.17, 15) is 9.59 Å². The number of anilines is 1. The minimum atomic E-state index is -0.994. The quantitative estimate of drug-likeness (QED) is 0.833. The Morgan fingerprint density at radius 2 is 2.17 bits per heavy atom. The first-order chi connectivity index (χ1) is 11.1. The first kappa shape index (κ1) is 14.9. The van der Waals surface area contributed by atoms with Crippen molar-refractivity contribution in [2.24, 2.45) is 5.92 Å². The predicted octanol–water partition coefficient (Wildman–Crippen LogP) is 2.15. The predicted molar refractivity (Wildman–Crippen MR) is 86.0 cm³/mol. The standard InChI is InChI=1S/C17H15N3O3/c1-2-11-3-4-12-9-18-15(8-14(12)7-11)19-16(21)13-5-6-20(10-13)17(22)23/h1,3-4,7-9,13H,5-6,10H2,(H,22,23)(H,18,19,21). The van der Waals surface area contributed by atoms with Crippen molar-refractivity contribution in [1.29, 1.82) is 0 Å². The topological polar surface area (TPSA) is 82.5 Å². The third-order valence-electron chi connectivity index (χ3n) is 3.97. The van der Waals surface area contributed by atoms with Crippen LogP contribution in [-0.2, 0) is 4.79 Å². The summed E-state index contributed by atoms with van der Waals surface area (Å²) in [6, 6.07) is 7.33. The maximum atomic E-state index is 12.2. The minimum absolute atomic E-state index is 0.214. The highest BCUT2D eigenvalue weighted by molar-refractivity contribution is 5.94. The number of fused-ring (bicyclic) bond motifs is 1. The van der Waals surface area contributed by atoms with Crippen molar-refractivity contribution in [2.75, 3.05) is 18.4 Å². The van der Waals surface area contributed by atoms with E-state index in [4.69, 9.17) is 11.5 Å². The first-order valence-electron chi connectivity index (χ1n) is 7.22. The number of aromatic nitrogens is 1. The highest BCUT2D eigenvalue weighted by atomic mass is 16.4. The van der Waals surface area contributed by atoms with E-state index >= 15 is 0 Å². The molecule has 0 saturated carbocycles. The Hall–Kier alpha value is -3.07. The molecular formula is C17H15N3O3.